The maximum atomic E-state index is 2.43. The second-order valence-corrected chi connectivity index (χ2v) is 5.29. The van der Waals surface area contributed by atoms with E-state index >= 15 is 0 Å². The summed E-state index contributed by atoms with van der Waals surface area (Å²) in [7, 11) is 0. The molecule has 0 aliphatic rings. The van der Waals surface area contributed by atoms with Crippen molar-refractivity contribution in [3.8, 4) is 0 Å². The lowest BCUT2D eigenvalue weighted by atomic mass is 9.87. The van der Waals surface area contributed by atoms with Crippen LogP contribution in [0.2, 0.25) is 0 Å². The van der Waals surface area contributed by atoms with E-state index < -0.39 is 0 Å². The SMILES string of the molecule is CCCC=CCCC(C)C(C)CCCCC. The van der Waals surface area contributed by atoms with Gasteiger partial charge >= 0.3 is 0 Å². The Bertz CT molecular complexity index is 157. The molecule has 0 spiro atoms. The summed E-state index contributed by atoms with van der Waals surface area (Å²) in [4.78, 5) is 0. The van der Waals surface area contributed by atoms with Crippen molar-refractivity contribution < 1.29 is 0 Å². The van der Waals surface area contributed by atoms with Crippen molar-refractivity contribution in [2.45, 2.75) is 79.1 Å². The van der Waals surface area contributed by atoms with Gasteiger partial charge in [0.2, 0.25) is 0 Å². The molecule has 0 aliphatic carbocycles. The van der Waals surface area contributed by atoms with Crippen LogP contribution in [0.25, 0.3) is 0 Å². The van der Waals surface area contributed by atoms with Crippen molar-refractivity contribution in [3.63, 3.8) is 0 Å². The van der Waals surface area contributed by atoms with E-state index in [1.807, 2.05) is 0 Å². The van der Waals surface area contributed by atoms with Crippen molar-refractivity contribution in [2.24, 2.45) is 11.8 Å². The third-order valence-electron chi connectivity index (χ3n) is 3.65. The van der Waals surface area contributed by atoms with Crippen LogP contribution in [0, 0.1) is 11.8 Å². The highest BCUT2D eigenvalue weighted by atomic mass is 14.2. The first-order valence-corrected chi connectivity index (χ1v) is 7.37. The van der Waals surface area contributed by atoms with Crippen LogP contribution in [0.5, 0.6) is 0 Å². The van der Waals surface area contributed by atoms with Crippen LogP contribution < -0.4 is 0 Å². The van der Waals surface area contributed by atoms with Crippen molar-refractivity contribution in [1.29, 1.82) is 0 Å². The molecule has 16 heavy (non-hydrogen) atoms. The number of hydrogen-bond donors (Lipinski definition) is 0. The highest BCUT2D eigenvalue weighted by Gasteiger charge is 2.10. The zero-order chi connectivity index (χ0) is 12.2. The van der Waals surface area contributed by atoms with E-state index in [1.165, 1.54) is 51.4 Å². The summed E-state index contributed by atoms with van der Waals surface area (Å²) in [6.07, 6.45) is 15.5. The topological polar surface area (TPSA) is 0 Å². The van der Waals surface area contributed by atoms with E-state index in [0.29, 0.717) is 0 Å². The summed E-state index contributed by atoms with van der Waals surface area (Å²) in [6, 6.07) is 0. The van der Waals surface area contributed by atoms with Gasteiger partial charge < -0.3 is 0 Å². The molecule has 96 valence electrons. The second-order valence-electron chi connectivity index (χ2n) is 5.29. The van der Waals surface area contributed by atoms with Gasteiger partial charge in [-0.25, -0.2) is 0 Å². The highest BCUT2D eigenvalue weighted by Crippen LogP contribution is 2.22. The molecule has 0 heteroatoms. The molecule has 0 heterocycles. The molecule has 0 radical (unpaired) electrons. The first kappa shape index (κ1) is 15.7. The number of rotatable bonds is 10. The fraction of sp³-hybridized carbons (Fsp3) is 0.875. The molecular formula is C16H32. The summed E-state index contributed by atoms with van der Waals surface area (Å²) in [5.41, 5.74) is 0. The smallest absolute Gasteiger partial charge is 0.0348 e. The van der Waals surface area contributed by atoms with E-state index in [2.05, 4.69) is 39.8 Å². The van der Waals surface area contributed by atoms with Crippen molar-refractivity contribution in [1.82, 2.24) is 0 Å². The zero-order valence-corrected chi connectivity index (χ0v) is 12.0. The molecular weight excluding hydrogens is 192 g/mol. The Morgan fingerprint density at radius 2 is 1.38 bits per heavy atom. The third-order valence-corrected chi connectivity index (χ3v) is 3.65. The minimum atomic E-state index is 0.892. The average molecular weight is 224 g/mol. The van der Waals surface area contributed by atoms with Crippen molar-refractivity contribution in [3.05, 3.63) is 12.2 Å². The quantitative estimate of drug-likeness (QED) is 0.316. The number of allylic oxidation sites excluding steroid dienone is 2. The molecule has 0 aliphatic heterocycles. The van der Waals surface area contributed by atoms with Crippen LogP contribution in [-0.2, 0) is 0 Å². The van der Waals surface area contributed by atoms with Crippen LogP contribution in [0.15, 0.2) is 12.2 Å². The summed E-state index contributed by atoms with van der Waals surface area (Å²) in [6.45, 7) is 9.37. The standard InChI is InChI=1S/C16H32/c1-5-7-9-10-12-14-16(4)15(3)13-11-8-6-2/h9-10,15-16H,5-8,11-14H2,1-4H3. The van der Waals surface area contributed by atoms with Gasteiger partial charge in [-0.2, -0.15) is 0 Å². The van der Waals surface area contributed by atoms with Crippen LogP contribution in [0.1, 0.15) is 79.1 Å². The Morgan fingerprint density at radius 1 is 0.750 bits per heavy atom. The molecule has 2 atom stereocenters. The summed E-state index contributed by atoms with van der Waals surface area (Å²) >= 11 is 0. The molecule has 0 fully saturated rings. The Hall–Kier alpha value is -0.260. The molecule has 0 nitrogen and oxygen atoms in total. The van der Waals surface area contributed by atoms with Gasteiger partial charge in [-0.05, 0) is 31.1 Å². The summed E-state index contributed by atoms with van der Waals surface area (Å²) in [5, 5.41) is 0. The van der Waals surface area contributed by atoms with E-state index in [0.717, 1.165) is 11.8 Å². The number of unbranched alkanes of at least 4 members (excludes halogenated alkanes) is 3. The predicted octanol–water partition coefficient (Wildman–Crippen LogP) is 5.98. The lowest BCUT2D eigenvalue weighted by Crippen LogP contribution is -2.07. The van der Waals surface area contributed by atoms with E-state index in [-0.39, 0.29) is 0 Å². The van der Waals surface area contributed by atoms with Crippen molar-refractivity contribution >= 4 is 0 Å². The van der Waals surface area contributed by atoms with Gasteiger partial charge in [0.1, 0.15) is 0 Å². The van der Waals surface area contributed by atoms with Crippen LogP contribution in [0.3, 0.4) is 0 Å². The molecule has 0 aromatic heterocycles. The Balaban J connectivity index is 3.50. The van der Waals surface area contributed by atoms with Gasteiger partial charge in [-0.3, -0.25) is 0 Å². The second kappa shape index (κ2) is 11.2. The molecule has 0 saturated heterocycles. The maximum Gasteiger partial charge on any atom is -0.0348 e. The minimum absolute atomic E-state index is 0.892. The third kappa shape index (κ3) is 9.00. The molecule has 0 N–H and O–H groups in total. The predicted molar refractivity (Wildman–Crippen MR) is 75.8 cm³/mol. The lowest BCUT2D eigenvalue weighted by molar-refractivity contribution is 0.335. The zero-order valence-electron chi connectivity index (χ0n) is 12.0. The fourth-order valence-corrected chi connectivity index (χ4v) is 2.05. The van der Waals surface area contributed by atoms with Crippen molar-refractivity contribution in [2.75, 3.05) is 0 Å². The van der Waals surface area contributed by atoms with E-state index in [1.54, 1.807) is 0 Å². The molecule has 0 aromatic carbocycles. The Morgan fingerprint density at radius 3 is 2.00 bits per heavy atom. The van der Waals surface area contributed by atoms with Gasteiger partial charge in [0, 0.05) is 0 Å². The first-order chi connectivity index (χ1) is 7.72. The maximum absolute atomic E-state index is 2.43. The van der Waals surface area contributed by atoms with Gasteiger partial charge in [0.25, 0.3) is 0 Å². The Kier molecular flexibility index (Phi) is 11.0. The van der Waals surface area contributed by atoms with Crippen LogP contribution >= 0.6 is 0 Å². The summed E-state index contributed by atoms with van der Waals surface area (Å²) < 4.78 is 0. The molecule has 2 unspecified atom stereocenters. The fourth-order valence-electron chi connectivity index (χ4n) is 2.05. The molecule has 0 rings (SSSR count). The van der Waals surface area contributed by atoms with E-state index in [9.17, 15) is 0 Å². The van der Waals surface area contributed by atoms with Gasteiger partial charge in [-0.15, -0.1) is 0 Å². The van der Waals surface area contributed by atoms with Gasteiger partial charge in [-0.1, -0.05) is 72.0 Å². The van der Waals surface area contributed by atoms with Gasteiger partial charge in [0.05, 0.1) is 0 Å². The Labute approximate surface area is 104 Å². The lowest BCUT2D eigenvalue weighted by Gasteiger charge is -2.19. The largest absolute Gasteiger partial charge is 0.0885 e. The first-order valence-electron chi connectivity index (χ1n) is 7.37. The number of hydrogen-bond acceptors (Lipinski definition) is 0. The molecule has 0 saturated carbocycles. The van der Waals surface area contributed by atoms with Gasteiger partial charge in [0.15, 0.2) is 0 Å². The average Bonchev–Trinajstić information content (AvgIpc) is 2.28. The highest BCUT2D eigenvalue weighted by molar-refractivity contribution is 4.81. The minimum Gasteiger partial charge on any atom is -0.0885 e. The normalized spacial score (nSPS) is 15.5. The summed E-state index contributed by atoms with van der Waals surface area (Å²) in [5.74, 6) is 1.80. The van der Waals surface area contributed by atoms with E-state index in [4.69, 9.17) is 0 Å². The molecule has 0 bridgehead atoms. The molecule has 0 amide bonds. The van der Waals surface area contributed by atoms with Crippen LogP contribution in [-0.4, -0.2) is 0 Å². The molecule has 0 aromatic rings. The monoisotopic (exact) mass is 224 g/mol. The van der Waals surface area contributed by atoms with Crippen LogP contribution in [0.4, 0.5) is 0 Å².